The third-order valence-corrected chi connectivity index (χ3v) is 6.75. The number of fused-ring (bicyclic) bond motifs is 2. The van der Waals surface area contributed by atoms with Crippen molar-refractivity contribution >= 4 is 0 Å². The molecule has 0 spiro atoms. The lowest BCUT2D eigenvalue weighted by atomic mass is 9.72. The molecule has 1 aliphatic carbocycles. The Labute approximate surface area is 131 Å². The summed E-state index contributed by atoms with van der Waals surface area (Å²) in [4.78, 5) is 5.46. The van der Waals surface area contributed by atoms with E-state index in [0.29, 0.717) is 0 Å². The molecule has 0 amide bonds. The zero-order valence-corrected chi connectivity index (χ0v) is 14.5. The molecule has 3 heteroatoms. The van der Waals surface area contributed by atoms with Crippen molar-refractivity contribution in [3.8, 4) is 0 Å². The minimum Gasteiger partial charge on any atom is -0.317 e. The molecule has 2 saturated heterocycles. The highest BCUT2D eigenvalue weighted by Gasteiger charge is 2.38. The molecule has 3 fully saturated rings. The van der Waals surface area contributed by atoms with E-state index in [1.807, 2.05) is 0 Å². The Bertz CT molecular complexity index is 345. The molecule has 0 radical (unpaired) electrons. The van der Waals surface area contributed by atoms with Crippen LogP contribution < -0.4 is 5.32 Å². The molecule has 2 heterocycles. The van der Waals surface area contributed by atoms with E-state index in [-0.39, 0.29) is 0 Å². The van der Waals surface area contributed by atoms with Crippen LogP contribution in [-0.2, 0) is 0 Å². The van der Waals surface area contributed by atoms with Gasteiger partial charge in [0, 0.05) is 31.2 Å². The van der Waals surface area contributed by atoms with Crippen molar-refractivity contribution in [1.82, 2.24) is 15.1 Å². The van der Waals surface area contributed by atoms with Gasteiger partial charge < -0.3 is 10.2 Å². The highest BCUT2D eigenvalue weighted by atomic mass is 15.3. The van der Waals surface area contributed by atoms with Gasteiger partial charge in [0.1, 0.15) is 0 Å². The maximum absolute atomic E-state index is 3.63. The van der Waals surface area contributed by atoms with Crippen LogP contribution >= 0.6 is 0 Å². The molecule has 0 aromatic rings. The summed E-state index contributed by atoms with van der Waals surface area (Å²) in [5.74, 6) is 2.59. The number of hydrogen-bond donors (Lipinski definition) is 1. The summed E-state index contributed by atoms with van der Waals surface area (Å²) in [5, 5.41) is 3.63. The Morgan fingerprint density at radius 1 is 1.05 bits per heavy atom. The molecule has 6 unspecified atom stereocenters. The maximum atomic E-state index is 3.63. The van der Waals surface area contributed by atoms with E-state index in [4.69, 9.17) is 0 Å². The van der Waals surface area contributed by atoms with Crippen LogP contribution in [0.1, 0.15) is 46.0 Å². The summed E-state index contributed by atoms with van der Waals surface area (Å²) in [7, 11) is 4.52. The van der Waals surface area contributed by atoms with Gasteiger partial charge in [-0.2, -0.15) is 0 Å². The van der Waals surface area contributed by atoms with Gasteiger partial charge in [0.05, 0.1) is 0 Å². The van der Waals surface area contributed by atoms with Gasteiger partial charge in [0.25, 0.3) is 0 Å². The Morgan fingerprint density at radius 3 is 2.57 bits per heavy atom. The number of hydrogen-bond acceptors (Lipinski definition) is 3. The third-order valence-electron chi connectivity index (χ3n) is 6.75. The summed E-state index contributed by atoms with van der Waals surface area (Å²) >= 11 is 0. The molecule has 0 aromatic heterocycles. The average Bonchev–Trinajstić information content (AvgIpc) is 2.69. The molecule has 1 saturated carbocycles. The van der Waals surface area contributed by atoms with E-state index in [9.17, 15) is 0 Å². The van der Waals surface area contributed by atoms with Gasteiger partial charge in [-0.15, -0.1) is 0 Å². The lowest BCUT2D eigenvalue weighted by Gasteiger charge is -2.42. The molecule has 2 aliphatic heterocycles. The van der Waals surface area contributed by atoms with E-state index in [1.165, 1.54) is 51.7 Å². The molecule has 21 heavy (non-hydrogen) atoms. The summed E-state index contributed by atoms with van der Waals surface area (Å²) in [6.45, 7) is 8.86. The first-order valence-corrected chi connectivity index (χ1v) is 9.20. The zero-order valence-electron chi connectivity index (χ0n) is 14.5. The van der Waals surface area contributed by atoms with Gasteiger partial charge in [-0.25, -0.2) is 0 Å². The first-order valence-electron chi connectivity index (χ1n) is 9.20. The lowest BCUT2D eigenvalue weighted by Crippen LogP contribution is -2.49. The van der Waals surface area contributed by atoms with Crippen molar-refractivity contribution in [3.63, 3.8) is 0 Å². The molecule has 3 aliphatic rings. The molecule has 1 N–H and O–H groups in total. The lowest BCUT2D eigenvalue weighted by molar-refractivity contribution is 0.0993. The Kier molecular flexibility index (Phi) is 4.92. The fourth-order valence-corrected chi connectivity index (χ4v) is 5.39. The summed E-state index contributed by atoms with van der Waals surface area (Å²) in [5.41, 5.74) is 0. The molecule has 3 nitrogen and oxygen atoms in total. The minimum atomic E-state index is 0.724. The van der Waals surface area contributed by atoms with Gasteiger partial charge in [-0.1, -0.05) is 13.8 Å². The SMILES string of the molecule is CNC1CC(C)CC(C)C1CN1CCC2CCC(C1)N2C. The Balaban J connectivity index is 1.62. The van der Waals surface area contributed by atoms with Gasteiger partial charge in [-0.05, 0) is 70.5 Å². The molecular formula is C18H35N3. The first kappa shape index (κ1) is 15.8. The highest BCUT2D eigenvalue weighted by molar-refractivity contribution is 4.94. The van der Waals surface area contributed by atoms with Crippen molar-refractivity contribution in [3.05, 3.63) is 0 Å². The first-order chi connectivity index (χ1) is 10.1. The van der Waals surface area contributed by atoms with Crippen molar-refractivity contribution < 1.29 is 0 Å². The molecule has 122 valence electrons. The smallest absolute Gasteiger partial charge is 0.0223 e. The molecule has 6 atom stereocenters. The molecular weight excluding hydrogens is 258 g/mol. The van der Waals surface area contributed by atoms with Crippen molar-refractivity contribution in [2.24, 2.45) is 17.8 Å². The quantitative estimate of drug-likeness (QED) is 0.862. The van der Waals surface area contributed by atoms with E-state index in [0.717, 1.165) is 35.9 Å². The van der Waals surface area contributed by atoms with E-state index in [1.54, 1.807) is 0 Å². The monoisotopic (exact) mass is 293 g/mol. The van der Waals surface area contributed by atoms with E-state index < -0.39 is 0 Å². The van der Waals surface area contributed by atoms with E-state index in [2.05, 4.69) is 43.1 Å². The maximum Gasteiger partial charge on any atom is 0.0223 e. The van der Waals surface area contributed by atoms with Crippen LogP contribution in [0, 0.1) is 17.8 Å². The summed E-state index contributed by atoms with van der Waals surface area (Å²) in [6.07, 6.45) is 7.03. The fourth-order valence-electron chi connectivity index (χ4n) is 5.39. The Hall–Kier alpha value is -0.120. The summed E-state index contributed by atoms with van der Waals surface area (Å²) < 4.78 is 0. The Morgan fingerprint density at radius 2 is 1.81 bits per heavy atom. The summed E-state index contributed by atoms with van der Waals surface area (Å²) in [6, 6.07) is 2.41. The molecule has 0 aromatic carbocycles. The number of likely N-dealkylation sites (N-methyl/N-ethyl adjacent to an activating group) is 1. The van der Waals surface area contributed by atoms with Gasteiger partial charge in [0.15, 0.2) is 0 Å². The molecule has 2 bridgehead atoms. The van der Waals surface area contributed by atoms with Crippen LogP contribution in [0.2, 0.25) is 0 Å². The number of nitrogens with one attached hydrogen (secondary N) is 1. The van der Waals surface area contributed by atoms with Crippen molar-refractivity contribution in [2.75, 3.05) is 33.7 Å². The average molecular weight is 293 g/mol. The van der Waals surface area contributed by atoms with E-state index >= 15 is 0 Å². The second kappa shape index (κ2) is 6.55. The third kappa shape index (κ3) is 3.30. The van der Waals surface area contributed by atoms with Gasteiger partial charge in [-0.3, -0.25) is 4.90 Å². The number of likely N-dealkylation sites (tertiary alicyclic amines) is 1. The standard InChI is InChI=1S/C18H35N3/c1-13-9-14(2)17(18(10-13)19-3)12-21-8-7-15-5-6-16(11-21)20(15)4/h13-19H,5-12H2,1-4H3. The van der Waals surface area contributed by atoms with Crippen LogP contribution in [0.3, 0.4) is 0 Å². The molecule has 3 rings (SSSR count). The van der Waals surface area contributed by atoms with Crippen LogP contribution in [0.25, 0.3) is 0 Å². The van der Waals surface area contributed by atoms with Crippen LogP contribution in [-0.4, -0.2) is 61.7 Å². The zero-order chi connectivity index (χ0) is 15.0. The highest BCUT2D eigenvalue weighted by Crippen LogP contribution is 2.35. The number of rotatable bonds is 3. The van der Waals surface area contributed by atoms with Crippen LogP contribution in [0.4, 0.5) is 0 Å². The second-order valence-corrected chi connectivity index (χ2v) is 8.21. The normalized spacial score (nSPS) is 45.7. The topological polar surface area (TPSA) is 18.5 Å². The van der Waals surface area contributed by atoms with Gasteiger partial charge >= 0.3 is 0 Å². The van der Waals surface area contributed by atoms with Crippen LogP contribution in [0.5, 0.6) is 0 Å². The van der Waals surface area contributed by atoms with Crippen molar-refractivity contribution in [2.45, 2.75) is 64.1 Å². The van der Waals surface area contributed by atoms with Crippen LogP contribution in [0.15, 0.2) is 0 Å². The largest absolute Gasteiger partial charge is 0.317 e. The predicted octanol–water partition coefficient (Wildman–Crippen LogP) is 2.43. The fraction of sp³-hybridized carbons (Fsp3) is 1.00. The second-order valence-electron chi connectivity index (χ2n) is 8.21. The van der Waals surface area contributed by atoms with Gasteiger partial charge in [0.2, 0.25) is 0 Å². The minimum absolute atomic E-state index is 0.724. The number of nitrogens with zero attached hydrogens (tertiary/aromatic N) is 2. The predicted molar refractivity (Wildman–Crippen MR) is 89.5 cm³/mol. The van der Waals surface area contributed by atoms with Crippen molar-refractivity contribution in [1.29, 1.82) is 0 Å².